The lowest BCUT2D eigenvalue weighted by molar-refractivity contribution is -0.143. The van der Waals surface area contributed by atoms with Gasteiger partial charge in [0.25, 0.3) is 0 Å². The van der Waals surface area contributed by atoms with Gasteiger partial charge in [-0.3, -0.25) is 4.79 Å². The molecule has 18 heavy (non-hydrogen) atoms. The Morgan fingerprint density at radius 1 is 1.61 bits per heavy atom. The number of rotatable bonds is 5. The van der Waals surface area contributed by atoms with Crippen LogP contribution in [0.2, 0.25) is 0 Å². The van der Waals surface area contributed by atoms with E-state index in [2.05, 4.69) is 11.9 Å². The van der Waals surface area contributed by atoms with E-state index >= 15 is 0 Å². The molecule has 4 nitrogen and oxygen atoms in total. The monoisotopic (exact) mass is 269 g/mol. The summed E-state index contributed by atoms with van der Waals surface area (Å²) in [6.45, 7) is 4.35. The van der Waals surface area contributed by atoms with Crippen molar-refractivity contribution < 1.29 is 14.3 Å². The third kappa shape index (κ3) is 3.53. The summed E-state index contributed by atoms with van der Waals surface area (Å²) in [6, 6.07) is 0. The fourth-order valence-corrected chi connectivity index (χ4v) is 2.96. The third-order valence-corrected chi connectivity index (χ3v) is 3.95. The first kappa shape index (κ1) is 13.5. The fourth-order valence-electron chi connectivity index (χ4n) is 2.03. The molecule has 1 aliphatic heterocycles. The van der Waals surface area contributed by atoms with Gasteiger partial charge in [-0.25, -0.2) is 4.98 Å². The molecule has 1 aromatic heterocycles. The molecular weight excluding hydrogens is 250 g/mol. The predicted molar refractivity (Wildman–Crippen MR) is 69.6 cm³/mol. The Bertz CT molecular complexity index is 405. The van der Waals surface area contributed by atoms with Crippen molar-refractivity contribution in [3.63, 3.8) is 0 Å². The first-order chi connectivity index (χ1) is 8.69. The van der Waals surface area contributed by atoms with E-state index in [1.165, 1.54) is 0 Å². The number of hydrogen-bond acceptors (Lipinski definition) is 5. The first-order valence-electron chi connectivity index (χ1n) is 6.44. The van der Waals surface area contributed by atoms with E-state index in [4.69, 9.17) is 9.47 Å². The highest BCUT2D eigenvalue weighted by molar-refractivity contribution is 7.09. The Balaban J connectivity index is 1.84. The van der Waals surface area contributed by atoms with Crippen LogP contribution in [-0.2, 0) is 20.7 Å². The molecule has 0 saturated carbocycles. The van der Waals surface area contributed by atoms with E-state index in [-0.39, 0.29) is 12.1 Å². The van der Waals surface area contributed by atoms with Crippen molar-refractivity contribution in [2.24, 2.45) is 0 Å². The number of carbonyl (C=O) groups excluding carboxylic acids is 1. The highest BCUT2D eigenvalue weighted by Crippen LogP contribution is 2.34. The lowest BCUT2D eigenvalue weighted by Gasteiger charge is -2.06. The summed E-state index contributed by atoms with van der Waals surface area (Å²) < 4.78 is 10.7. The van der Waals surface area contributed by atoms with Crippen LogP contribution in [0.25, 0.3) is 0 Å². The van der Waals surface area contributed by atoms with Crippen molar-refractivity contribution in [2.45, 2.75) is 51.7 Å². The van der Waals surface area contributed by atoms with E-state index in [1.54, 1.807) is 11.3 Å². The zero-order valence-corrected chi connectivity index (χ0v) is 11.7. The van der Waals surface area contributed by atoms with Crippen LogP contribution in [0.15, 0.2) is 5.38 Å². The van der Waals surface area contributed by atoms with Gasteiger partial charge in [0.1, 0.15) is 11.1 Å². The second-order valence-electron chi connectivity index (χ2n) is 4.49. The molecule has 0 aromatic carbocycles. The maximum Gasteiger partial charge on any atom is 0.306 e. The summed E-state index contributed by atoms with van der Waals surface area (Å²) in [4.78, 5) is 15.8. The normalized spacial score (nSPS) is 23.2. The lowest BCUT2D eigenvalue weighted by Crippen LogP contribution is -2.05. The summed E-state index contributed by atoms with van der Waals surface area (Å²) in [5.41, 5.74) is 0.964. The van der Waals surface area contributed by atoms with Gasteiger partial charge in [0.2, 0.25) is 0 Å². The van der Waals surface area contributed by atoms with Crippen LogP contribution in [0.1, 0.15) is 49.9 Å². The molecule has 5 heteroatoms. The molecule has 0 bridgehead atoms. The Morgan fingerprint density at radius 3 is 3.11 bits per heavy atom. The molecule has 100 valence electrons. The maximum absolute atomic E-state index is 11.3. The topological polar surface area (TPSA) is 48.4 Å². The Kier molecular flexibility index (Phi) is 4.72. The van der Waals surface area contributed by atoms with E-state index in [0.717, 1.165) is 23.5 Å². The van der Waals surface area contributed by atoms with Crippen molar-refractivity contribution in [3.8, 4) is 0 Å². The number of ether oxygens (including phenoxy) is 2. The average molecular weight is 269 g/mol. The number of aryl methyl sites for hydroxylation is 1. The SMILES string of the molecule is CCOC(=O)CCc1csc(C2CCC(C)O2)n1. The van der Waals surface area contributed by atoms with Crippen LogP contribution in [0.5, 0.6) is 0 Å². The van der Waals surface area contributed by atoms with Gasteiger partial charge in [0, 0.05) is 11.8 Å². The lowest BCUT2D eigenvalue weighted by atomic mass is 10.2. The highest BCUT2D eigenvalue weighted by Gasteiger charge is 2.25. The van der Waals surface area contributed by atoms with Crippen molar-refractivity contribution in [1.82, 2.24) is 4.98 Å². The molecule has 1 aliphatic rings. The van der Waals surface area contributed by atoms with Gasteiger partial charge >= 0.3 is 5.97 Å². The molecule has 2 heterocycles. The molecule has 0 spiro atoms. The van der Waals surface area contributed by atoms with Gasteiger partial charge in [0.15, 0.2) is 0 Å². The van der Waals surface area contributed by atoms with Gasteiger partial charge in [0.05, 0.1) is 24.8 Å². The Morgan fingerprint density at radius 2 is 2.44 bits per heavy atom. The zero-order valence-electron chi connectivity index (χ0n) is 10.8. The molecule has 0 N–H and O–H groups in total. The van der Waals surface area contributed by atoms with E-state index in [0.29, 0.717) is 25.6 Å². The Hall–Kier alpha value is -0.940. The van der Waals surface area contributed by atoms with Crippen molar-refractivity contribution in [3.05, 3.63) is 16.1 Å². The molecule has 2 atom stereocenters. The van der Waals surface area contributed by atoms with Gasteiger partial charge in [-0.1, -0.05) is 0 Å². The first-order valence-corrected chi connectivity index (χ1v) is 7.32. The van der Waals surface area contributed by atoms with E-state index in [1.807, 2.05) is 12.3 Å². The number of nitrogens with zero attached hydrogens (tertiary/aromatic N) is 1. The number of aromatic nitrogens is 1. The van der Waals surface area contributed by atoms with Crippen LogP contribution < -0.4 is 0 Å². The number of esters is 1. The number of carbonyl (C=O) groups is 1. The van der Waals surface area contributed by atoms with Crippen molar-refractivity contribution in [1.29, 1.82) is 0 Å². The minimum atomic E-state index is -0.155. The van der Waals surface area contributed by atoms with Crippen LogP contribution in [0.4, 0.5) is 0 Å². The number of hydrogen-bond donors (Lipinski definition) is 0. The smallest absolute Gasteiger partial charge is 0.306 e. The molecule has 0 aliphatic carbocycles. The molecule has 1 fully saturated rings. The molecule has 2 rings (SSSR count). The molecule has 2 unspecified atom stereocenters. The van der Waals surface area contributed by atoms with Crippen LogP contribution in [0.3, 0.4) is 0 Å². The standard InChI is InChI=1S/C13H19NO3S/c1-3-16-12(15)7-5-10-8-18-13(14-10)11-6-4-9(2)17-11/h8-9,11H,3-7H2,1-2H3. The summed E-state index contributed by atoms with van der Waals surface area (Å²) in [6.07, 6.45) is 3.69. The molecule has 0 amide bonds. The highest BCUT2D eigenvalue weighted by atomic mass is 32.1. The van der Waals surface area contributed by atoms with Crippen LogP contribution >= 0.6 is 11.3 Å². The molecule has 0 radical (unpaired) electrons. The maximum atomic E-state index is 11.3. The molecular formula is C13H19NO3S. The minimum Gasteiger partial charge on any atom is -0.466 e. The molecule has 1 saturated heterocycles. The fraction of sp³-hybridized carbons (Fsp3) is 0.692. The quantitative estimate of drug-likeness (QED) is 0.771. The number of thiazole rings is 1. The van der Waals surface area contributed by atoms with Gasteiger partial charge in [-0.15, -0.1) is 11.3 Å². The average Bonchev–Trinajstić information content (AvgIpc) is 2.95. The zero-order chi connectivity index (χ0) is 13.0. The van der Waals surface area contributed by atoms with Crippen molar-refractivity contribution >= 4 is 17.3 Å². The molecule has 1 aromatic rings. The van der Waals surface area contributed by atoms with Gasteiger partial charge in [-0.2, -0.15) is 0 Å². The largest absolute Gasteiger partial charge is 0.466 e. The summed E-state index contributed by atoms with van der Waals surface area (Å²) >= 11 is 1.63. The van der Waals surface area contributed by atoms with Gasteiger partial charge in [-0.05, 0) is 26.7 Å². The summed E-state index contributed by atoms with van der Waals surface area (Å²) in [5.74, 6) is -0.155. The Labute approximate surface area is 111 Å². The summed E-state index contributed by atoms with van der Waals surface area (Å²) in [7, 11) is 0. The van der Waals surface area contributed by atoms with Gasteiger partial charge < -0.3 is 9.47 Å². The van der Waals surface area contributed by atoms with Crippen LogP contribution in [0, 0.1) is 0 Å². The second kappa shape index (κ2) is 6.29. The van der Waals surface area contributed by atoms with Crippen LogP contribution in [-0.4, -0.2) is 23.7 Å². The van der Waals surface area contributed by atoms with E-state index < -0.39 is 0 Å². The minimum absolute atomic E-state index is 0.154. The second-order valence-corrected chi connectivity index (χ2v) is 5.38. The van der Waals surface area contributed by atoms with Crippen molar-refractivity contribution in [2.75, 3.05) is 6.61 Å². The summed E-state index contributed by atoms with van der Waals surface area (Å²) in [5, 5.41) is 3.05. The predicted octanol–water partition coefficient (Wildman–Crippen LogP) is 2.88. The van der Waals surface area contributed by atoms with E-state index in [9.17, 15) is 4.79 Å². The third-order valence-electron chi connectivity index (χ3n) is 2.97.